The number of ether oxygens (including phenoxy) is 1. The normalized spacial score (nSPS) is 12.1. The lowest BCUT2D eigenvalue weighted by atomic mass is 10.1. The molecule has 3 aromatic carbocycles. The molecule has 8 nitrogen and oxygen atoms in total. The predicted molar refractivity (Wildman–Crippen MR) is 155 cm³/mol. The molecule has 0 unspecified atom stereocenters. The Morgan fingerprint density at radius 1 is 0.923 bits per heavy atom. The maximum absolute atomic E-state index is 13.6. The number of hydrogen-bond acceptors (Lipinski definition) is 5. The Hall–Kier alpha value is -3.27. The van der Waals surface area contributed by atoms with Gasteiger partial charge >= 0.3 is 0 Å². The number of rotatable bonds is 11. The summed E-state index contributed by atoms with van der Waals surface area (Å²) in [4.78, 5) is 27.8. The zero-order valence-corrected chi connectivity index (χ0v) is 24.4. The van der Waals surface area contributed by atoms with E-state index in [0.717, 1.165) is 10.6 Å². The van der Waals surface area contributed by atoms with Crippen molar-refractivity contribution in [2.75, 3.05) is 17.1 Å². The molecule has 2 amide bonds. The Labute approximate surface area is 239 Å². The van der Waals surface area contributed by atoms with Gasteiger partial charge in [-0.3, -0.25) is 13.9 Å². The molecule has 39 heavy (non-hydrogen) atoms. The number of hydrogen-bond donors (Lipinski definition) is 1. The molecule has 0 spiro atoms. The monoisotopic (exact) mass is 591 g/mol. The number of halogens is 2. The van der Waals surface area contributed by atoms with Crippen LogP contribution in [0.5, 0.6) is 11.5 Å². The molecule has 0 saturated heterocycles. The molecule has 3 rings (SSSR count). The van der Waals surface area contributed by atoms with Crippen LogP contribution >= 0.6 is 23.2 Å². The number of carbonyl (C=O) groups is 2. The van der Waals surface area contributed by atoms with Gasteiger partial charge in [-0.2, -0.15) is 0 Å². The summed E-state index contributed by atoms with van der Waals surface area (Å²) in [6.45, 7) is 4.65. The van der Waals surface area contributed by atoms with Crippen molar-refractivity contribution < 1.29 is 22.7 Å². The van der Waals surface area contributed by atoms with Crippen molar-refractivity contribution in [3.63, 3.8) is 0 Å². The van der Waals surface area contributed by atoms with Gasteiger partial charge in [-0.1, -0.05) is 47.5 Å². The molecule has 1 atom stereocenters. The maximum atomic E-state index is 13.6. The van der Waals surface area contributed by atoms with E-state index in [2.05, 4.69) is 5.32 Å². The van der Waals surface area contributed by atoms with Gasteiger partial charge in [-0.05, 0) is 74.9 Å². The number of para-hydroxylation sites is 1. The molecule has 0 aliphatic rings. The molecule has 0 saturated carbocycles. The largest absolute Gasteiger partial charge is 0.457 e. The van der Waals surface area contributed by atoms with Crippen LogP contribution in [0.15, 0.2) is 72.8 Å². The Morgan fingerprint density at radius 2 is 1.54 bits per heavy atom. The Balaban J connectivity index is 1.88. The molecule has 0 aromatic heterocycles. The zero-order chi connectivity index (χ0) is 28.7. The fraction of sp³-hybridized carbons (Fsp3) is 0.286. The Morgan fingerprint density at radius 3 is 2.10 bits per heavy atom. The quantitative estimate of drug-likeness (QED) is 0.318. The van der Waals surface area contributed by atoms with Crippen LogP contribution in [0.3, 0.4) is 0 Å². The number of benzene rings is 3. The van der Waals surface area contributed by atoms with E-state index in [4.69, 9.17) is 27.9 Å². The van der Waals surface area contributed by atoms with Crippen molar-refractivity contribution in [1.82, 2.24) is 10.2 Å². The topological polar surface area (TPSA) is 96.0 Å². The lowest BCUT2D eigenvalue weighted by Gasteiger charge is -2.32. The SMILES string of the molecule is CC(C)NC(=O)[C@H](C)N(Cc1ccc(Cl)cc1Cl)C(=O)CN(c1ccc(Oc2ccccc2)cc1)S(C)(=O)=O. The highest BCUT2D eigenvalue weighted by atomic mass is 35.5. The summed E-state index contributed by atoms with van der Waals surface area (Å²) in [5.41, 5.74) is 0.835. The standard InChI is InChI=1S/C28H31Cl2N3O5S/c1-19(2)31-28(35)20(3)32(17-21-10-11-22(29)16-26(21)30)27(34)18-33(39(4,36)37)23-12-14-25(15-13-23)38-24-8-6-5-7-9-24/h5-16,19-20H,17-18H2,1-4H3,(H,31,35)/t20-/m0/s1. The number of sulfonamides is 1. The second kappa shape index (κ2) is 13.2. The first kappa shape index (κ1) is 30.3. The fourth-order valence-electron chi connectivity index (χ4n) is 3.74. The van der Waals surface area contributed by atoms with Gasteiger partial charge in [0.2, 0.25) is 21.8 Å². The first-order chi connectivity index (χ1) is 18.3. The minimum Gasteiger partial charge on any atom is -0.457 e. The van der Waals surface area contributed by atoms with E-state index in [1.54, 1.807) is 61.5 Å². The molecule has 0 bridgehead atoms. The summed E-state index contributed by atoms with van der Waals surface area (Å²) in [6.07, 6.45) is 1.02. The van der Waals surface area contributed by atoms with Crippen molar-refractivity contribution in [3.8, 4) is 11.5 Å². The van der Waals surface area contributed by atoms with E-state index in [1.165, 1.54) is 4.90 Å². The van der Waals surface area contributed by atoms with E-state index in [-0.39, 0.29) is 24.2 Å². The van der Waals surface area contributed by atoms with Crippen LogP contribution in [0.4, 0.5) is 5.69 Å². The lowest BCUT2D eigenvalue weighted by molar-refractivity contribution is -0.139. The number of carbonyl (C=O) groups excluding carboxylic acids is 2. The predicted octanol–water partition coefficient (Wildman–Crippen LogP) is 5.49. The molecule has 208 valence electrons. The molecule has 11 heteroatoms. The molecule has 0 radical (unpaired) electrons. The van der Waals surface area contributed by atoms with Crippen LogP contribution in [-0.2, 0) is 26.2 Å². The average Bonchev–Trinajstić information content (AvgIpc) is 2.86. The molecular weight excluding hydrogens is 561 g/mol. The molecule has 0 aliphatic carbocycles. The van der Waals surface area contributed by atoms with E-state index < -0.39 is 28.5 Å². The van der Waals surface area contributed by atoms with Gasteiger partial charge < -0.3 is 15.0 Å². The van der Waals surface area contributed by atoms with Crippen LogP contribution in [0.25, 0.3) is 0 Å². The summed E-state index contributed by atoms with van der Waals surface area (Å²) >= 11 is 12.4. The van der Waals surface area contributed by atoms with Gasteiger partial charge in [-0.25, -0.2) is 8.42 Å². The van der Waals surface area contributed by atoms with Gasteiger partial charge in [0.05, 0.1) is 11.9 Å². The van der Waals surface area contributed by atoms with Gasteiger partial charge in [0.1, 0.15) is 24.1 Å². The first-order valence-corrected chi connectivity index (χ1v) is 14.8. The van der Waals surface area contributed by atoms with Gasteiger partial charge in [0, 0.05) is 22.6 Å². The number of amides is 2. The highest BCUT2D eigenvalue weighted by molar-refractivity contribution is 7.92. The van der Waals surface area contributed by atoms with Gasteiger partial charge in [0.25, 0.3) is 0 Å². The summed E-state index contributed by atoms with van der Waals surface area (Å²) < 4.78 is 32.3. The molecule has 0 heterocycles. The third-order valence-corrected chi connectivity index (χ3v) is 7.46. The van der Waals surface area contributed by atoms with Gasteiger partial charge in [0.15, 0.2) is 0 Å². The highest BCUT2D eigenvalue weighted by Crippen LogP contribution is 2.27. The minimum absolute atomic E-state index is 0.0248. The van der Waals surface area contributed by atoms with Crippen molar-refractivity contribution in [2.45, 2.75) is 39.4 Å². The van der Waals surface area contributed by atoms with Crippen molar-refractivity contribution in [1.29, 1.82) is 0 Å². The number of nitrogens with zero attached hydrogens (tertiary/aromatic N) is 2. The fourth-order valence-corrected chi connectivity index (χ4v) is 5.06. The van der Waals surface area contributed by atoms with Crippen LogP contribution in [-0.4, -0.2) is 50.0 Å². The summed E-state index contributed by atoms with van der Waals surface area (Å²) in [5.74, 6) is 0.174. The van der Waals surface area contributed by atoms with Crippen LogP contribution < -0.4 is 14.4 Å². The van der Waals surface area contributed by atoms with E-state index in [1.807, 2.05) is 32.0 Å². The van der Waals surface area contributed by atoms with E-state index in [0.29, 0.717) is 27.1 Å². The minimum atomic E-state index is -3.87. The van der Waals surface area contributed by atoms with Crippen LogP contribution in [0.1, 0.15) is 26.3 Å². The van der Waals surface area contributed by atoms with Crippen molar-refractivity contribution >= 4 is 50.7 Å². The molecule has 3 aromatic rings. The molecular formula is C28H31Cl2N3O5S. The highest BCUT2D eigenvalue weighted by Gasteiger charge is 2.30. The number of anilines is 1. The smallest absolute Gasteiger partial charge is 0.244 e. The van der Waals surface area contributed by atoms with Crippen molar-refractivity contribution in [3.05, 3.63) is 88.4 Å². The van der Waals surface area contributed by atoms with Gasteiger partial charge in [-0.15, -0.1) is 0 Å². The second-order valence-electron chi connectivity index (χ2n) is 9.28. The van der Waals surface area contributed by atoms with Crippen LogP contribution in [0.2, 0.25) is 10.0 Å². The second-order valence-corrected chi connectivity index (χ2v) is 12.0. The van der Waals surface area contributed by atoms with Crippen molar-refractivity contribution in [2.24, 2.45) is 0 Å². The molecule has 0 aliphatic heterocycles. The van der Waals surface area contributed by atoms with E-state index in [9.17, 15) is 18.0 Å². The summed E-state index contributed by atoms with van der Waals surface area (Å²) in [7, 11) is -3.87. The maximum Gasteiger partial charge on any atom is 0.244 e. The third kappa shape index (κ3) is 8.61. The third-order valence-electron chi connectivity index (χ3n) is 5.74. The zero-order valence-electron chi connectivity index (χ0n) is 22.1. The Bertz CT molecular complexity index is 1400. The summed E-state index contributed by atoms with van der Waals surface area (Å²) in [6, 6.07) is 19.3. The molecule has 1 N–H and O–H groups in total. The summed E-state index contributed by atoms with van der Waals surface area (Å²) in [5, 5.41) is 3.55. The number of nitrogens with one attached hydrogen (secondary N) is 1. The molecule has 0 fully saturated rings. The first-order valence-electron chi connectivity index (χ1n) is 12.2. The average molecular weight is 593 g/mol. The Kier molecular flexibility index (Phi) is 10.2. The van der Waals surface area contributed by atoms with E-state index >= 15 is 0 Å². The lowest BCUT2D eigenvalue weighted by Crippen LogP contribution is -2.52. The van der Waals surface area contributed by atoms with Crippen LogP contribution in [0, 0.1) is 0 Å².